The zero-order valence-electron chi connectivity index (χ0n) is 14.2. The molecule has 1 aromatic heterocycles. The van der Waals surface area contributed by atoms with Gasteiger partial charge in [-0.25, -0.2) is 9.97 Å². The van der Waals surface area contributed by atoms with Gasteiger partial charge in [0.15, 0.2) is 5.78 Å². The molecule has 0 saturated carbocycles. The van der Waals surface area contributed by atoms with Crippen molar-refractivity contribution in [1.29, 1.82) is 0 Å². The molecule has 0 unspecified atom stereocenters. The maximum atomic E-state index is 11.9. The number of anilines is 2. The zero-order valence-corrected chi connectivity index (χ0v) is 14.2. The van der Waals surface area contributed by atoms with E-state index in [-0.39, 0.29) is 17.4 Å². The lowest BCUT2D eigenvalue weighted by Crippen LogP contribution is -2.26. The minimum absolute atomic E-state index is 0.00171. The van der Waals surface area contributed by atoms with Crippen molar-refractivity contribution in [3.05, 3.63) is 47.9 Å². The lowest BCUT2D eigenvalue weighted by Gasteiger charge is -2.08. The molecule has 0 bridgehead atoms. The number of nitrogens with zero attached hydrogens (tertiary/aromatic N) is 2. The summed E-state index contributed by atoms with van der Waals surface area (Å²) >= 11 is 0. The molecule has 6 nitrogen and oxygen atoms in total. The summed E-state index contributed by atoms with van der Waals surface area (Å²) in [6, 6.07) is 7.13. The van der Waals surface area contributed by atoms with Crippen molar-refractivity contribution in [1.82, 2.24) is 15.3 Å². The van der Waals surface area contributed by atoms with Gasteiger partial charge in [-0.3, -0.25) is 9.59 Å². The zero-order chi connectivity index (χ0) is 17.5. The SMILES string of the molecule is CC(=O)c1cccc(Nc2cnc(C(=O)NCCC(C)C)cn2)c1. The van der Waals surface area contributed by atoms with E-state index >= 15 is 0 Å². The largest absolute Gasteiger partial charge is 0.351 e. The minimum atomic E-state index is -0.228. The van der Waals surface area contributed by atoms with Gasteiger partial charge in [0, 0.05) is 17.8 Å². The highest BCUT2D eigenvalue weighted by molar-refractivity contribution is 5.95. The second-order valence-electron chi connectivity index (χ2n) is 5.99. The van der Waals surface area contributed by atoms with Gasteiger partial charge in [0.2, 0.25) is 0 Å². The molecule has 2 aromatic rings. The number of carbonyl (C=O) groups is 2. The van der Waals surface area contributed by atoms with Gasteiger partial charge in [-0.2, -0.15) is 0 Å². The molecule has 0 fully saturated rings. The van der Waals surface area contributed by atoms with Gasteiger partial charge < -0.3 is 10.6 Å². The average molecular weight is 326 g/mol. The van der Waals surface area contributed by atoms with E-state index in [2.05, 4.69) is 34.4 Å². The van der Waals surface area contributed by atoms with E-state index in [1.165, 1.54) is 19.3 Å². The van der Waals surface area contributed by atoms with Crippen LogP contribution in [0.1, 0.15) is 48.0 Å². The molecule has 1 aromatic carbocycles. The number of amides is 1. The van der Waals surface area contributed by atoms with Crippen LogP contribution in [0.3, 0.4) is 0 Å². The molecule has 2 N–H and O–H groups in total. The molecule has 0 radical (unpaired) electrons. The molecule has 0 atom stereocenters. The van der Waals surface area contributed by atoms with Crippen molar-refractivity contribution in [2.45, 2.75) is 27.2 Å². The number of rotatable bonds is 7. The predicted octanol–water partition coefficient (Wildman–Crippen LogP) is 3.20. The van der Waals surface area contributed by atoms with Crippen LogP contribution in [0.15, 0.2) is 36.7 Å². The molecule has 2 rings (SSSR count). The van der Waals surface area contributed by atoms with Crippen LogP contribution >= 0.6 is 0 Å². The number of benzene rings is 1. The second kappa shape index (κ2) is 8.19. The highest BCUT2D eigenvalue weighted by Crippen LogP contribution is 2.15. The van der Waals surface area contributed by atoms with E-state index in [0.717, 1.165) is 12.1 Å². The topological polar surface area (TPSA) is 84.0 Å². The van der Waals surface area contributed by atoms with Crippen molar-refractivity contribution in [3.63, 3.8) is 0 Å². The minimum Gasteiger partial charge on any atom is -0.351 e. The summed E-state index contributed by atoms with van der Waals surface area (Å²) in [4.78, 5) is 31.7. The number of hydrogen-bond acceptors (Lipinski definition) is 5. The first-order valence-electron chi connectivity index (χ1n) is 7.94. The van der Waals surface area contributed by atoms with E-state index in [0.29, 0.717) is 23.8 Å². The van der Waals surface area contributed by atoms with Crippen LogP contribution in [0.25, 0.3) is 0 Å². The highest BCUT2D eigenvalue weighted by atomic mass is 16.1. The van der Waals surface area contributed by atoms with E-state index in [9.17, 15) is 9.59 Å². The maximum Gasteiger partial charge on any atom is 0.271 e. The number of ketones is 1. The maximum absolute atomic E-state index is 11.9. The van der Waals surface area contributed by atoms with Crippen LogP contribution in [0.4, 0.5) is 11.5 Å². The Morgan fingerprint density at radius 1 is 1.17 bits per heavy atom. The number of nitrogens with one attached hydrogen (secondary N) is 2. The van der Waals surface area contributed by atoms with Crippen LogP contribution in [0, 0.1) is 5.92 Å². The Hall–Kier alpha value is -2.76. The monoisotopic (exact) mass is 326 g/mol. The van der Waals surface area contributed by atoms with Gasteiger partial charge in [-0.05, 0) is 31.4 Å². The van der Waals surface area contributed by atoms with Crippen LogP contribution in [-0.4, -0.2) is 28.2 Å². The van der Waals surface area contributed by atoms with Crippen LogP contribution in [-0.2, 0) is 0 Å². The third kappa shape index (κ3) is 5.15. The molecule has 0 aliphatic heterocycles. The molecule has 6 heteroatoms. The van der Waals surface area contributed by atoms with Crippen molar-refractivity contribution >= 4 is 23.2 Å². The fraction of sp³-hybridized carbons (Fsp3) is 0.333. The van der Waals surface area contributed by atoms with E-state index in [1.807, 2.05) is 6.07 Å². The summed E-state index contributed by atoms with van der Waals surface area (Å²) in [5, 5.41) is 5.89. The smallest absolute Gasteiger partial charge is 0.271 e. The Morgan fingerprint density at radius 3 is 2.58 bits per heavy atom. The third-order valence-electron chi connectivity index (χ3n) is 3.43. The number of carbonyl (C=O) groups excluding carboxylic acids is 2. The third-order valence-corrected chi connectivity index (χ3v) is 3.43. The lowest BCUT2D eigenvalue weighted by atomic mass is 10.1. The van der Waals surface area contributed by atoms with E-state index in [4.69, 9.17) is 0 Å². The summed E-state index contributed by atoms with van der Waals surface area (Å²) in [7, 11) is 0. The van der Waals surface area contributed by atoms with Crippen molar-refractivity contribution in [3.8, 4) is 0 Å². The summed E-state index contributed by atoms with van der Waals surface area (Å²) in [5.41, 5.74) is 1.64. The quantitative estimate of drug-likeness (QED) is 0.763. The van der Waals surface area contributed by atoms with Gasteiger partial charge in [-0.1, -0.05) is 26.0 Å². The van der Waals surface area contributed by atoms with Gasteiger partial charge in [0.25, 0.3) is 5.91 Å². The Bertz CT molecular complexity index is 711. The molecule has 0 aliphatic rings. The Kier molecular flexibility index (Phi) is 6.01. The summed E-state index contributed by atoms with van der Waals surface area (Å²) in [6.07, 6.45) is 3.85. The summed E-state index contributed by atoms with van der Waals surface area (Å²) in [6.45, 7) is 6.35. The first-order chi connectivity index (χ1) is 11.5. The normalized spacial score (nSPS) is 10.5. The number of Topliss-reactive ketones (excluding diaryl/α,β-unsaturated/α-hetero) is 1. The molecule has 0 spiro atoms. The van der Waals surface area contributed by atoms with Gasteiger partial charge in [0.1, 0.15) is 11.5 Å². The summed E-state index contributed by atoms with van der Waals surface area (Å²) < 4.78 is 0. The standard InChI is InChI=1S/C18H22N4O2/c1-12(2)7-8-19-18(24)16-10-21-17(11-20-16)22-15-6-4-5-14(9-15)13(3)23/h4-6,9-12H,7-8H2,1-3H3,(H,19,24)(H,21,22). The van der Waals surface area contributed by atoms with Crippen molar-refractivity contribution in [2.75, 3.05) is 11.9 Å². The Morgan fingerprint density at radius 2 is 1.96 bits per heavy atom. The van der Waals surface area contributed by atoms with Crippen LogP contribution < -0.4 is 10.6 Å². The van der Waals surface area contributed by atoms with E-state index < -0.39 is 0 Å². The second-order valence-corrected chi connectivity index (χ2v) is 5.99. The first kappa shape index (κ1) is 17.6. The predicted molar refractivity (Wildman–Crippen MR) is 93.5 cm³/mol. The van der Waals surface area contributed by atoms with Gasteiger partial charge >= 0.3 is 0 Å². The Labute approximate surface area is 141 Å². The average Bonchev–Trinajstić information content (AvgIpc) is 2.55. The van der Waals surface area contributed by atoms with Crippen LogP contribution in [0.5, 0.6) is 0 Å². The van der Waals surface area contributed by atoms with Crippen molar-refractivity contribution < 1.29 is 9.59 Å². The van der Waals surface area contributed by atoms with Gasteiger partial charge in [0.05, 0.1) is 12.4 Å². The molecular weight excluding hydrogens is 304 g/mol. The van der Waals surface area contributed by atoms with E-state index in [1.54, 1.807) is 18.2 Å². The van der Waals surface area contributed by atoms with Gasteiger partial charge in [-0.15, -0.1) is 0 Å². The fourth-order valence-corrected chi connectivity index (χ4v) is 2.04. The van der Waals surface area contributed by atoms with Crippen LogP contribution in [0.2, 0.25) is 0 Å². The molecule has 1 amide bonds. The molecule has 126 valence electrons. The number of hydrogen-bond donors (Lipinski definition) is 2. The molecule has 0 saturated heterocycles. The van der Waals surface area contributed by atoms with Crippen molar-refractivity contribution in [2.24, 2.45) is 5.92 Å². The lowest BCUT2D eigenvalue weighted by molar-refractivity contribution is 0.0945. The Balaban J connectivity index is 1.98. The highest BCUT2D eigenvalue weighted by Gasteiger charge is 2.08. The molecule has 0 aliphatic carbocycles. The summed E-state index contributed by atoms with van der Waals surface area (Å²) in [5.74, 6) is 0.814. The molecule has 24 heavy (non-hydrogen) atoms. The first-order valence-corrected chi connectivity index (χ1v) is 7.94. The number of aromatic nitrogens is 2. The fourth-order valence-electron chi connectivity index (χ4n) is 2.04. The molecular formula is C18H22N4O2. The molecule has 1 heterocycles.